The van der Waals surface area contributed by atoms with Crippen LogP contribution in [-0.2, 0) is 4.79 Å². The number of aliphatic hydroxyl groups excluding tert-OH is 1. The molecule has 1 aliphatic rings. The minimum absolute atomic E-state index is 0.0677. The summed E-state index contributed by atoms with van der Waals surface area (Å²) >= 11 is 1.59. The average Bonchev–Trinajstić information content (AvgIpc) is 2.87. The largest absolute Gasteiger partial charge is 0.392 e. The molecular weight excluding hydrogens is 238 g/mol. The van der Waals surface area contributed by atoms with Gasteiger partial charge >= 0.3 is 0 Å². The highest BCUT2D eigenvalue weighted by molar-refractivity contribution is 7.11. The number of aryl methyl sites for hydroxylation is 1. The number of thiazole rings is 1. The lowest BCUT2D eigenvalue weighted by atomic mass is 10.2. The molecule has 1 saturated heterocycles. The van der Waals surface area contributed by atoms with Gasteiger partial charge in [-0.25, -0.2) is 4.98 Å². The van der Waals surface area contributed by atoms with Crippen molar-refractivity contribution in [1.29, 1.82) is 0 Å². The molecule has 0 radical (unpaired) electrons. The lowest BCUT2D eigenvalue weighted by molar-refractivity contribution is -0.123. The third kappa shape index (κ3) is 3.02. The smallest absolute Gasteiger partial charge is 0.237 e. The van der Waals surface area contributed by atoms with Crippen LogP contribution in [0.1, 0.15) is 29.3 Å². The molecule has 0 saturated carbocycles. The van der Waals surface area contributed by atoms with Crippen LogP contribution in [0.15, 0.2) is 6.20 Å². The second kappa shape index (κ2) is 5.12. The number of hydrogen-bond donors (Lipinski definition) is 3. The summed E-state index contributed by atoms with van der Waals surface area (Å²) in [6, 6.07) is -0.366. The molecule has 3 atom stereocenters. The third-order valence-corrected chi connectivity index (χ3v) is 3.89. The molecule has 6 heteroatoms. The highest BCUT2D eigenvalue weighted by atomic mass is 32.1. The average molecular weight is 255 g/mol. The Morgan fingerprint density at radius 2 is 2.53 bits per heavy atom. The van der Waals surface area contributed by atoms with Crippen molar-refractivity contribution in [3.8, 4) is 0 Å². The first-order valence-corrected chi connectivity index (χ1v) is 6.52. The number of nitrogens with zero attached hydrogens (tertiary/aromatic N) is 1. The van der Waals surface area contributed by atoms with E-state index in [0.717, 1.165) is 9.88 Å². The maximum Gasteiger partial charge on any atom is 0.237 e. The standard InChI is InChI=1S/C11H17N3O2S/c1-6-4-13-11(17-6)7(2)14-10(16)9-3-8(15)5-12-9/h4,7-9,12,15H,3,5H2,1-2H3,(H,14,16). The molecule has 0 bridgehead atoms. The summed E-state index contributed by atoms with van der Waals surface area (Å²) in [5, 5.41) is 16.2. The van der Waals surface area contributed by atoms with Crippen molar-refractivity contribution in [2.24, 2.45) is 0 Å². The summed E-state index contributed by atoms with van der Waals surface area (Å²) in [7, 11) is 0. The van der Waals surface area contributed by atoms with Gasteiger partial charge in [0.25, 0.3) is 0 Å². The quantitative estimate of drug-likeness (QED) is 0.728. The maximum absolute atomic E-state index is 11.9. The Balaban J connectivity index is 1.90. The zero-order valence-corrected chi connectivity index (χ0v) is 10.8. The number of aliphatic hydroxyl groups is 1. The molecule has 0 aliphatic carbocycles. The van der Waals surface area contributed by atoms with Gasteiger partial charge in [-0.05, 0) is 20.3 Å². The first-order chi connectivity index (χ1) is 8.06. The van der Waals surface area contributed by atoms with Crippen LogP contribution in [0, 0.1) is 6.92 Å². The van der Waals surface area contributed by atoms with E-state index in [1.807, 2.05) is 13.8 Å². The van der Waals surface area contributed by atoms with Gasteiger partial charge in [-0.1, -0.05) is 0 Å². The van der Waals surface area contributed by atoms with E-state index in [9.17, 15) is 9.90 Å². The van der Waals surface area contributed by atoms with Crippen LogP contribution in [0.5, 0.6) is 0 Å². The summed E-state index contributed by atoms with van der Waals surface area (Å²) in [5.74, 6) is -0.0677. The minimum atomic E-state index is -0.414. The molecule has 0 spiro atoms. The number of carbonyl (C=O) groups is 1. The second-order valence-electron chi connectivity index (χ2n) is 4.39. The normalized spacial score (nSPS) is 25.8. The predicted molar refractivity (Wildman–Crippen MR) is 65.8 cm³/mol. The summed E-state index contributed by atoms with van der Waals surface area (Å²) < 4.78 is 0. The second-order valence-corrected chi connectivity index (χ2v) is 5.66. The van der Waals surface area contributed by atoms with Crippen molar-refractivity contribution in [3.63, 3.8) is 0 Å². The van der Waals surface area contributed by atoms with Gasteiger partial charge in [-0.3, -0.25) is 4.79 Å². The third-order valence-electron chi connectivity index (χ3n) is 2.79. The van der Waals surface area contributed by atoms with E-state index in [-0.39, 0.29) is 18.0 Å². The summed E-state index contributed by atoms with van der Waals surface area (Å²) in [4.78, 5) is 17.3. The lowest BCUT2D eigenvalue weighted by Crippen LogP contribution is -2.41. The summed E-state index contributed by atoms with van der Waals surface area (Å²) in [5.41, 5.74) is 0. The van der Waals surface area contributed by atoms with Crippen LogP contribution >= 0.6 is 11.3 Å². The maximum atomic E-state index is 11.9. The van der Waals surface area contributed by atoms with E-state index in [0.29, 0.717) is 13.0 Å². The molecule has 17 heavy (non-hydrogen) atoms. The number of aromatic nitrogens is 1. The van der Waals surface area contributed by atoms with E-state index in [1.54, 1.807) is 17.5 Å². The zero-order chi connectivity index (χ0) is 12.4. The van der Waals surface area contributed by atoms with Gasteiger partial charge in [0.1, 0.15) is 5.01 Å². The van der Waals surface area contributed by atoms with Crippen molar-refractivity contribution >= 4 is 17.2 Å². The number of rotatable bonds is 3. The number of nitrogens with one attached hydrogen (secondary N) is 2. The lowest BCUT2D eigenvalue weighted by Gasteiger charge is -2.15. The van der Waals surface area contributed by atoms with Crippen molar-refractivity contribution in [2.75, 3.05) is 6.54 Å². The molecule has 1 aliphatic heterocycles. The Hall–Kier alpha value is -0.980. The number of amides is 1. The fourth-order valence-electron chi connectivity index (χ4n) is 1.86. The summed E-state index contributed by atoms with van der Waals surface area (Å²) in [6.45, 7) is 4.40. The molecule has 3 unspecified atom stereocenters. The minimum Gasteiger partial charge on any atom is -0.392 e. The van der Waals surface area contributed by atoms with E-state index in [2.05, 4.69) is 15.6 Å². The molecule has 5 nitrogen and oxygen atoms in total. The highest BCUT2D eigenvalue weighted by Crippen LogP contribution is 2.19. The van der Waals surface area contributed by atoms with Gasteiger partial charge in [-0.2, -0.15) is 0 Å². The molecular formula is C11H17N3O2S. The molecule has 1 amide bonds. The monoisotopic (exact) mass is 255 g/mol. The van der Waals surface area contributed by atoms with Crippen molar-refractivity contribution < 1.29 is 9.90 Å². The Kier molecular flexibility index (Phi) is 3.76. The molecule has 2 heterocycles. The number of hydrogen-bond acceptors (Lipinski definition) is 5. The Bertz CT molecular complexity index is 407. The highest BCUT2D eigenvalue weighted by Gasteiger charge is 2.29. The Labute approximate surface area is 104 Å². The van der Waals surface area contributed by atoms with Crippen LogP contribution < -0.4 is 10.6 Å². The van der Waals surface area contributed by atoms with Gasteiger partial charge in [-0.15, -0.1) is 11.3 Å². The van der Waals surface area contributed by atoms with Crippen LogP contribution in [0.4, 0.5) is 0 Å². The van der Waals surface area contributed by atoms with Gasteiger partial charge in [0.15, 0.2) is 0 Å². The van der Waals surface area contributed by atoms with Crippen LogP contribution in [-0.4, -0.2) is 34.7 Å². The van der Waals surface area contributed by atoms with E-state index in [1.165, 1.54) is 0 Å². The van der Waals surface area contributed by atoms with Gasteiger partial charge in [0.2, 0.25) is 5.91 Å². The topological polar surface area (TPSA) is 74.2 Å². The fraction of sp³-hybridized carbons (Fsp3) is 0.636. The van der Waals surface area contributed by atoms with Crippen molar-refractivity contribution in [2.45, 2.75) is 38.5 Å². The Morgan fingerprint density at radius 3 is 3.06 bits per heavy atom. The van der Waals surface area contributed by atoms with Crippen LogP contribution in [0.3, 0.4) is 0 Å². The van der Waals surface area contributed by atoms with E-state index < -0.39 is 6.10 Å². The molecule has 1 aromatic rings. The zero-order valence-electron chi connectivity index (χ0n) is 9.93. The first kappa shape index (κ1) is 12.5. The van der Waals surface area contributed by atoms with E-state index >= 15 is 0 Å². The van der Waals surface area contributed by atoms with Crippen molar-refractivity contribution in [1.82, 2.24) is 15.6 Å². The predicted octanol–water partition coefficient (Wildman–Crippen LogP) is 0.352. The van der Waals surface area contributed by atoms with Crippen LogP contribution in [0.2, 0.25) is 0 Å². The molecule has 1 fully saturated rings. The summed E-state index contributed by atoms with van der Waals surface area (Å²) in [6.07, 6.45) is 1.87. The molecule has 1 aromatic heterocycles. The fourth-order valence-corrected chi connectivity index (χ4v) is 2.64. The van der Waals surface area contributed by atoms with Crippen molar-refractivity contribution in [3.05, 3.63) is 16.1 Å². The first-order valence-electron chi connectivity index (χ1n) is 5.70. The van der Waals surface area contributed by atoms with Gasteiger partial charge < -0.3 is 15.7 Å². The van der Waals surface area contributed by atoms with Crippen LogP contribution in [0.25, 0.3) is 0 Å². The number of carbonyl (C=O) groups excluding carboxylic acids is 1. The van der Waals surface area contributed by atoms with Gasteiger partial charge in [0.05, 0.1) is 18.2 Å². The molecule has 94 valence electrons. The Morgan fingerprint density at radius 1 is 1.76 bits per heavy atom. The SMILES string of the molecule is Cc1cnc(C(C)NC(=O)C2CC(O)CN2)s1. The van der Waals surface area contributed by atoms with Gasteiger partial charge in [0, 0.05) is 17.6 Å². The van der Waals surface area contributed by atoms with E-state index in [4.69, 9.17) is 0 Å². The molecule has 2 rings (SSSR count). The number of β-amino-alcohol motifs (C(OH)–C–C–N with tert-alkyl or cyclic N) is 1. The molecule has 3 N–H and O–H groups in total. The molecule has 0 aromatic carbocycles.